The molecule has 5 heteroatoms. The molecule has 18 heavy (non-hydrogen) atoms. The van der Waals surface area contributed by atoms with E-state index in [1.54, 1.807) is 13.2 Å². The minimum atomic E-state index is -1.76. The summed E-state index contributed by atoms with van der Waals surface area (Å²) in [7, 11) is -0.141. The number of nitrogens with zero attached hydrogens (tertiary/aromatic N) is 1. The Morgan fingerprint density at radius 2 is 1.89 bits per heavy atom. The van der Waals surface area contributed by atoms with E-state index in [0.29, 0.717) is 17.5 Å². The first kappa shape index (κ1) is 15.5. The van der Waals surface area contributed by atoms with Crippen molar-refractivity contribution in [1.29, 1.82) is 0 Å². The van der Waals surface area contributed by atoms with E-state index in [1.807, 2.05) is 6.07 Å². The molecule has 0 aliphatic rings. The Kier molecular flexibility index (Phi) is 4.81. The molecule has 0 radical (unpaired) electrons. The highest BCUT2D eigenvalue weighted by molar-refractivity contribution is 6.74. The van der Waals surface area contributed by atoms with Crippen molar-refractivity contribution in [3.63, 3.8) is 0 Å². The van der Waals surface area contributed by atoms with Crippen molar-refractivity contribution < 1.29 is 9.16 Å². The summed E-state index contributed by atoms with van der Waals surface area (Å²) in [5.74, 6) is 0.712. The topological polar surface area (TPSA) is 31.4 Å². The van der Waals surface area contributed by atoms with Gasteiger partial charge in [-0.3, -0.25) is 0 Å². The first-order chi connectivity index (χ1) is 8.15. The second kappa shape index (κ2) is 5.59. The molecule has 0 N–H and O–H groups in total. The van der Waals surface area contributed by atoms with Gasteiger partial charge in [0.25, 0.3) is 0 Å². The van der Waals surface area contributed by atoms with Gasteiger partial charge in [-0.25, -0.2) is 4.98 Å². The van der Waals surface area contributed by atoms with Gasteiger partial charge in [0.15, 0.2) is 8.32 Å². The number of halogens is 1. The van der Waals surface area contributed by atoms with Gasteiger partial charge >= 0.3 is 0 Å². The molecule has 0 amide bonds. The minimum Gasteiger partial charge on any atom is -0.497 e. The monoisotopic (exact) mass is 287 g/mol. The van der Waals surface area contributed by atoms with E-state index < -0.39 is 8.32 Å². The summed E-state index contributed by atoms with van der Waals surface area (Å²) in [5.41, 5.74) is 0.809. The lowest BCUT2D eigenvalue weighted by Gasteiger charge is -2.36. The zero-order valence-electron chi connectivity index (χ0n) is 12.0. The van der Waals surface area contributed by atoms with Crippen molar-refractivity contribution in [3.8, 4) is 5.75 Å². The average molecular weight is 288 g/mol. The van der Waals surface area contributed by atoms with Crippen molar-refractivity contribution in [2.24, 2.45) is 0 Å². The van der Waals surface area contributed by atoms with Crippen LogP contribution in [0.3, 0.4) is 0 Å². The van der Waals surface area contributed by atoms with Crippen LogP contribution in [-0.4, -0.2) is 20.4 Å². The van der Waals surface area contributed by atoms with Crippen LogP contribution in [0, 0.1) is 0 Å². The van der Waals surface area contributed by atoms with Crippen LogP contribution in [0.5, 0.6) is 5.75 Å². The molecule has 0 saturated heterocycles. The number of ether oxygens (including phenoxy) is 1. The summed E-state index contributed by atoms with van der Waals surface area (Å²) in [6, 6.07) is 3.55. The van der Waals surface area contributed by atoms with Crippen molar-refractivity contribution >= 4 is 19.9 Å². The van der Waals surface area contributed by atoms with Gasteiger partial charge in [0.2, 0.25) is 0 Å². The van der Waals surface area contributed by atoms with Crippen LogP contribution >= 0.6 is 11.6 Å². The predicted octanol–water partition coefficient (Wildman–Crippen LogP) is 4.27. The summed E-state index contributed by atoms with van der Waals surface area (Å²) < 4.78 is 11.3. The Morgan fingerprint density at radius 3 is 2.39 bits per heavy atom. The van der Waals surface area contributed by atoms with E-state index in [-0.39, 0.29) is 5.04 Å². The van der Waals surface area contributed by atoms with E-state index in [4.69, 9.17) is 20.8 Å². The molecule has 1 aromatic heterocycles. The van der Waals surface area contributed by atoms with E-state index in [0.717, 1.165) is 5.69 Å². The molecule has 0 spiro atoms. The van der Waals surface area contributed by atoms with Crippen LogP contribution < -0.4 is 4.74 Å². The lowest BCUT2D eigenvalue weighted by Crippen LogP contribution is -2.40. The third-order valence-corrected chi connectivity index (χ3v) is 8.12. The third-order valence-electron chi connectivity index (χ3n) is 3.44. The van der Waals surface area contributed by atoms with Gasteiger partial charge < -0.3 is 9.16 Å². The Hall–Kier alpha value is -0.583. The molecule has 102 valence electrons. The summed E-state index contributed by atoms with van der Waals surface area (Å²) in [6.45, 7) is 11.6. The highest BCUT2D eigenvalue weighted by Crippen LogP contribution is 2.37. The zero-order chi connectivity index (χ0) is 14.0. The van der Waals surface area contributed by atoms with Gasteiger partial charge in [0.1, 0.15) is 10.9 Å². The third kappa shape index (κ3) is 3.97. The molecule has 0 aromatic carbocycles. The maximum Gasteiger partial charge on any atom is 0.192 e. The lowest BCUT2D eigenvalue weighted by atomic mass is 10.2. The van der Waals surface area contributed by atoms with Crippen molar-refractivity contribution in [3.05, 3.63) is 23.0 Å². The molecule has 0 atom stereocenters. The number of aromatic nitrogens is 1. The maximum absolute atomic E-state index is 6.10. The molecule has 0 aliphatic carbocycles. The second-order valence-corrected chi connectivity index (χ2v) is 11.1. The van der Waals surface area contributed by atoms with Crippen LogP contribution in [0.1, 0.15) is 26.5 Å². The van der Waals surface area contributed by atoms with E-state index >= 15 is 0 Å². The molecule has 0 saturated carbocycles. The van der Waals surface area contributed by atoms with Crippen molar-refractivity contribution in [2.75, 3.05) is 7.11 Å². The highest BCUT2D eigenvalue weighted by atomic mass is 35.5. The second-order valence-electron chi connectivity index (χ2n) is 5.87. The fourth-order valence-electron chi connectivity index (χ4n) is 1.19. The summed E-state index contributed by atoms with van der Waals surface area (Å²) in [4.78, 5) is 4.25. The molecule has 1 aromatic rings. The molecule has 1 rings (SSSR count). The smallest absolute Gasteiger partial charge is 0.192 e. The Bertz CT molecular complexity index is 416. The van der Waals surface area contributed by atoms with Crippen molar-refractivity contribution in [1.82, 2.24) is 4.98 Å². The molecular weight excluding hydrogens is 266 g/mol. The number of hydrogen-bond acceptors (Lipinski definition) is 3. The number of hydrogen-bond donors (Lipinski definition) is 0. The number of rotatable bonds is 4. The highest BCUT2D eigenvalue weighted by Gasteiger charge is 2.37. The zero-order valence-corrected chi connectivity index (χ0v) is 13.8. The van der Waals surface area contributed by atoms with Gasteiger partial charge in [0, 0.05) is 12.1 Å². The van der Waals surface area contributed by atoms with Gasteiger partial charge in [-0.05, 0) is 18.1 Å². The largest absolute Gasteiger partial charge is 0.497 e. The summed E-state index contributed by atoms with van der Waals surface area (Å²) in [5, 5.41) is 0.624. The number of pyridine rings is 1. The van der Waals surface area contributed by atoms with Crippen LogP contribution in [0.25, 0.3) is 0 Å². The van der Waals surface area contributed by atoms with Crippen LogP contribution in [0.2, 0.25) is 23.3 Å². The fraction of sp³-hybridized carbons (Fsp3) is 0.615. The summed E-state index contributed by atoms with van der Waals surface area (Å²) in [6.07, 6.45) is 0. The predicted molar refractivity (Wildman–Crippen MR) is 77.8 cm³/mol. The molecule has 0 aliphatic heterocycles. The molecule has 1 heterocycles. The Labute approximate surface area is 116 Å². The van der Waals surface area contributed by atoms with Crippen molar-refractivity contribution in [2.45, 2.75) is 45.5 Å². The molecule has 0 fully saturated rings. The normalized spacial score (nSPS) is 12.6. The first-order valence-corrected chi connectivity index (χ1v) is 9.29. The molecule has 3 nitrogen and oxygen atoms in total. The maximum atomic E-state index is 6.10. The Morgan fingerprint density at radius 1 is 1.28 bits per heavy atom. The molecule has 0 unspecified atom stereocenters. The summed E-state index contributed by atoms with van der Waals surface area (Å²) >= 11 is 5.93. The van der Waals surface area contributed by atoms with Gasteiger partial charge in [-0.2, -0.15) is 0 Å². The standard InChI is InChI=1S/C13H22ClNO2Si/c1-13(2,3)18(5,6)17-9-10-7-11(16-4)8-12(14)15-10/h7-8H,9H2,1-6H3. The van der Waals surface area contributed by atoms with E-state index in [2.05, 4.69) is 38.8 Å². The van der Waals surface area contributed by atoms with Crippen LogP contribution in [0.4, 0.5) is 0 Å². The van der Waals surface area contributed by atoms with Gasteiger partial charge in [0.05, 0.1) is 19.4 Å². The first-order valence-electron chi connectivity index (χ1n) is 6.00. The van der Waals surface area contributed by atoms with Gasteiger partial charge in [-0.15, -0.1) is 0 Å². The quantitative estimate of drug-likeness (QED) is 0.612. The number of methoxy groups -OCH3 is 1. The molecule has 0 bridgehead atoms. The van der Waals surface area contributed by atoms with Gasteiger partial charge in [-0.1, -0.05) is 32.4 Å². The van der Waals surface area contributed by atoms with E-state index in [9.17, 15) is 0 Å². The lowest BCUT2D eigenvalue weighted by molar-refractivity contribution is 0.271. The molecular formula is C13H22ClNO2Si. The van der Waals surface area contributed by atoms with E-state index in [1.165, 1.54) is 0 Å². The van der Waals surface area contributed by atoms with Crippen LogP contribution in [-0.2, 0) is 11.0 Å². The Balaban J connectivity index is 2.78. The fourth-order valence-corrected chi connectivity index (χ4v) is 2.35. The average Bonchev–Trinajstić information content (AvgIpc) is 2.24. The SMILES string of the molecule is COc1cc(Cl)nc(CO[Si](C)(C)C(C)(C)C)c1. The van der Waals surface area contributed by atoms with Crippen LogP contribution in [0.15, 0.2) is 12.1 Å². The minimum absolute atomic E-state index is 0.190.